The number of carbonyl (C=O) groups excluding carboxylic acids is 2. The van der Waals surface area contributed by atoms with E-state index in [9.17, 15) is 9.59 Å². The molecule has 16 heavy (non-hydrogen) atoms. The zero-order valence-corrected chi connectivity index (χ0v) is 9.69. The van der Waals surface area contributed by atoms with Crippen molar-refractivity contribution in [3.63, 3.8) is 0 Å². The third-order valence-electron chi connectivity index (χ3n) is 3.26. The molecule has 0 aromatic rings. The van der Waals surface area contributed by atoms with Gasteiger partial charge in [0.05, 0.1) is 0 Å². The van der Waals surface area contributed by atoms with Crippen molar-refractivity contribution >= 4 is 11.8 Å². The van der Waals surface area contributed by atoms with Gasteiger partial charge in [-0.3, -0.25) is 9.59 Å². The monoisotopic (exact) mass is 222 g/mol. The molecule has 0 aromatic carbocycles. The Bertz CT molecular complexity index is 325. The average molecular weight is 222 g/mol. The highest BCUT2D eigenvalue weighted by Gasteiger charge is 2.24. The van der Waals surface area contributed by atoms with Crippen LogP contribution in [0.2, 0.25) is 0 Å². The number of hydrogen-bond acceptors (Lipinski definition) is 2. The van der Waals surface area contributed by atoms with Crippen LogP contribution in [0.5, 0.6) is 0 Å². The number of hydrogen-bond donors (Lipinski definition) is 0. The van der Waals surface area contributed by atoms with Crippen molar-refractivity contribution in [2.45, 2.75) is 38.6 Å². The molecular weight excluding hydrogens is 204 g/mol. The fourth-order valence-corrected chi connectivity index (χ4v) is 2.26. The van der Waals surface area contributed by atoms with Gasteiger partial charge in [0.25, 0.3) is 0 Å². The molecule has 2 fully saturated rings. The van der Waals surface area contributed by atoms with Crippen LogP contribution >= 0.6 is 0 Å². The zero-order chi connectivity index (χ0) is 11.5. The van der Waals surface area contributed by atoms with Crippen molar-refractivity contribution in [3.05, 3.63) is 12.3 Å². The molecule has 2 aliphatic rings. The van der Waals surface area contributed by atoms with E-state index in [2.05, 4.69) is 0 Å². The quantitative estimate of drug-likeness (QED) is 0.718. The van der Waals surface area contributed by atoms with E-state index in [-0.39, 0.29) is 17.9 Å². The molecule has 2 aliphatic heterocycles. The Hall–Kier alpha value is -1.32. The number of amides is 2. The van der Waals surface area contributed by atoms with Crippen LogP contribution in [0.15, 0.2) is 12.3 Å². The highest BCUT2D eigenvalue weighted by Crippen LogP contribution is 2.15. The lowest BCUT2D eigenvalue weighted by Crippen LogP contribution is -2.33. The van der Waals surface area contributed by atoms with E-state index < -0.39 is 0 Å². The van der Waals surface area contributed by atoms with Crippen LogP contribution < -0.4 is 0 Å². The van der Waals surface area contributed by atoms with Crippen molar-refractivity contribution in [2.75, 3.05) is 13.1 Å². The van der Waals surface area contributed by atoms with Crippen molar-refractivity contribution < 1.29 is 9.59 Å². The lowest BCUT2D eigenvalue weighted by atomic mass is 10.3. The summed E-state index contributed by atoms with van der Waals surface area (Å²) in [6, 6.07) is 0.100. The molecule has 88 valence electrons. The summed E-state index contributed by atoms with van der Waals surface area (Å²) < 4.78 is 0. The molecule has 0 aliphatic carbocycles. The molecule has 2 saturated heterocycles. The van der Waals surface area contributed by atoms with Gasteiger partial charge < -0.3 is 9.80 Å². The molecule has 0 spiro atoms. The summed E-state index contributed by atoms with van der Waals surface area (Å²) in [5.74, 6) is 0.418. The molecule has 4 heteroatoms. The predicted octanol–water partition coefficient (Wildman–Crippen LogP) is 1.13. The van der Waals surface area contributed by atoms with Crippen LogP contribution in [0.25, 0.3) is 0 Å². The van der Waals surface area contributed by atoms with Crippen LogP contribution in [-0.2, 0) is 9.59 Å². The Morgan fingerprint density at radius 2 is 1.81 bits per heavy atom. The zero-order valence-electron chi connectivity index (χ0n) is 9.69. The van der Waals surface area contributed by atoms with Gasteiger partial charge in [0.15, 0.2) is 0 Å². The lowest BCUT2D eigenvalue weighted by molar-refractivity contribution is -0.128. The fraction of sp³-hybridized carbons (Fsp3) is 0.667. The normalized spacial score (nSPS) is 23.8. The molecule has 0 radical (unpaired) electrons. The van der Waals surface area contributed by atoms with E-state index in [1.54, 1.807) is 4.90 Å². The van der Waals surface area contributed by atoms with Crippen LogP contribution in [0.1, 0.15) is 32.6 Å². The molecule has 0 saturated carbocycles. The van der Waals surface area contributed by atoms with Gasteiger partial charge in [0.2, 0.25) is 11.8 Å². The first-order chi connectivity index (χ1) is 7.68. The molecule has 0 bridgehead atoms. The standard InChI is InChI=1S/C12H18N2O2/c1-10(14-8-3-5-12(14)16)6-9-13-7-2-4-11(13)15/h6,9-10H,2-5,7-8H2,1H3/b9-6+/t10-/m1/s1. The number of rotatable bonds is 3. The Morgan fingerprint density at radius 1 is 1.12 bits per heavy atom. The van der Waals surface area contributed by atoms with Gasteiger partial charge in [-0.2, -0.15) is 0 Å². The Balaban J connectivity index is 1.90. The summed E-state index contributed by atoms with van der Waals surface area (Å²) in [4.78, 5) is 26.5. The summed E-state index contributed by atoms with van der Waals surface area (Å²) >= 11 is 0. The second kappa shape index (κ2) is 4.68. The summed E-state index contributed by atoms with van der Waals surface area (Å²) in [7, 11) is 0. The number of nitrogens with zero attached hydrogens (tertiary/aromatic N) is 2. The van der Waals surface area contributed by atoms with E-state index in [1.165, 1.54) is 0 Å². The summed E-state index contributed by atoms with van der Waals surface area (Å²) in [6.45, 7) is 3.66. The second-order valence-electron chi connectivity index (χ2n) is 4.46. The van der Waals surface area contributed by atoms with Gasteiger partial charge >= 0.3 is 0 Å². The molecule has 2 amide bonds. The first kappa shape index (κ1) is 11.2. The maximum Gasteiger partial charge on any atom is 0.226 e. The molecule has 1 atom stereocenters. The third-order valence-corrected chi connectivity index (χ3v) is 3.26. The average Bonchev–Trinajstić information content (AvgIpc) is 2.84. The maximum absolute atomic E-state index is 11.5. The van der Waals surface area contributed by atoms with Gasteiger partial charge in [-0.25, -0.2) is 0 Å². The minimum atomic E-state index is 0.100. The Labute approximate surface area is 95.9 Å². The smallest absolute Gasteiger partial charge is 0.226 e. The summed E-state index contributed by atoms with van der Waals surface area (Å²) in [5.41, 5.74) is 0. The Kier molecular flexibility index (Phi) is 3.27. The largest absolute Gasteiger partial charge is 0.336 e. The minimum Gasteiger partial charge on any atom is -0.336 e. The summed E-state index contributed by atoms with van der Waals surface area (Å²) in [6.07, 6.45) is 7.01. The second-order valence-corrected chi connectivity index (χ2v) is 4.46. The van der Waals surface area contributed by atoms with Crippen LogP contribution in [0, 0.1) is 0 Å². The van der Waals surface area contributed by atoms with Crippen molar-refractivity contribution in [1.29, 1.82) is 0 Å². The number of carbonyl (C=O) groups is 2. The van der Waals surface area contributed by atoms with Crippen molar-refractivity contribution in [2.24, 2.45) is 0 Å². The van der Waals surface area contributed by atoms with Gasteiger partial charge in [-0.1, -0.05) is 0 Å². The Morgan fingerprint density at radius 3 is 2.38 bits per heavy atom. The minimum absolute atomic E-state index is 0.100. The van der Waals surface area contributed by atoms with Crippen LogP contribution in [-0.4, -0.2) is 40.7 Å². The molecular formula is C12H18N2O2. The van der Waals surface area contributed by atoms with E-state index in [0.29, 0.717) is 12.8 Å². The third kappa shape index (κ3) is 2.26. The van der Waals surface area contributed by atoms with Gasteiger partial charge in [0.1, 0.15) is 0 Å². The number of likely N-dealkylation sites (tertiary alicyclic amines) is 2. The highest BCUT2D eigenvalue weighted by molar-refractivity contribution is 5.79. The topological polar surface area (TPSA) is 40.6 Å². The molecule has 0 N–H and O–H groups in total. The van der Waals surface area contributed by atoms with Gasteiger partial charge in [0, 0.05) is 38.2 Å². The van der Waals surface area contributed by atoms with Gasteiger partial charge in [-0.05, 0) is 25.8 Å². The van der Waals surface area contributed by atoms with Crippen molar-refractivity contribution in [3.8, 4) is 0 Å². The highest BCUT2D eigenvalue weighted by atomic mass is 16.2. The lowest BCUT2D eigenvalue weighted by Gasteiger charge is -2.21. The summed E-state index contributed by atoms with van der Waals surface area (Å²) in [5, 5.41) is 0. The van der Waals surface area contributed by atoms with E-state index in [1.807, 2.05) is 24.1 Å². The van der Waals surface area contributed by atoms with Crippen LogP contribution in [0.4, 0.5) is 0 Å². The maximum atomic E-state index is 11.5. The molecule has 2 rings (SSSR count). The first-order valence-corrected chi connectivity index (χ1v) is 5.96. The van der Waals surface area contributed by atoms with E-state index in [0.717, 1.165) is 25.9 Å². The molecule has 0 aromatic heterocycles. The predicted molar refractivity (Wildman–Crippen MR) is 60.5 cm³/mol. The van der Waals surface area contributed by atoms with E-state index >= 15 is 0 Å². The first-order valence-electron chi connectivity index (χ1n) is 5.96. The molecule has 2 heterocycles. The van der Waals surface area contributed by atoms with Crippen molar-refractivity contribution in [1.82, 2.24) is 9.80 Å². The van der Waals surface area contributed by atoms with E-state index in [4.69, 9.17) is 0 Å². The van der Waals surface area contributed by atoms with Gasteiger partial charge in [-0.15, -0.1) is 0 Å². The van der Waals surface area contributed by atoms with Crippen LogP contribution in [0.3, 0.4) is 0 Å². The molecule has 4 nitrogen and oxygen atoms in total. The fourth-order valence-electron chi connectivity index (χ4n) is 2.26. The molecule has 0 unspecified atom stereocenters. The SMILES string of the molecule is C[C@H](/C=C/N1CCCC1=O)N1CCCC1=O.